The van der Waals surface area contributed by atoms with E-state index in [1.165, 1.54) is 0 Å². The molecule has 0 aromatic heterocycles. The number of carbonyl (C=O) groups is 1. The van der Waals surface area contributed by atoms with Crippen molar-refractivity contribution in [2.45, 2.75) is 46.5 Å². The molecule has 114 valence electrons. The van der Waals surface area contributed by atoms with Crippen molar-refractivity contribution in [3.05, 3.63) is 23.8 Å². The number of allylic oxidation sites excluding steroid dienone is 3. The first-order valence-corrected chi connectivity index (χ1v) is 7.52. The van der Waals surface area contributed by atoms with Crippen LogP contribution >= 0.6 is 0 Å². The van der Waals surface area contributed by atoms with Gasteiger partial charge in [0.15, 0.2) is 0 Å². The van der Waals surface area contributed by atoms with Crippen LogP contribution in [0.4, 0.5) is 0 Å². The molecule has 1 rings (SSSR count). The van der Waals surface area contributed by atoms with Gasteiger partial charge in [-0.1, -0.05) is 50.5 Å². The molecule has 20 heavy (non-hydrogen) atoms. The quantitative estimate of drug-likeness (QED) is 0.729. The van der Waals surface area contributed by atoms with Crippen molar-refractivity contribution < 1.29 is 14.6 Å². The molecule has 0 saturated heterocycles. The zero-order valence-corrected chi connectivity index (χ0v) is 13.2. The van der Waals surface area contributed by atoms with Gasteiger partial charge in [-0.2, -0.15) is 0 Å². The summed E-state index contributed by atoms with van der Waals surface area (Å²) in [5.41, 5.74) is 0.388. The second kappa shape index (κ2) is 7.63. The Hall–Kier alpha value is -1.09. The highest BCUT2D eigenvalue weighted by atomic mass is 16.5. The van der Waals surface area contributed by atoms with E-state index in [0.717, 1.165) is 24.8 Å². The van der Waals surface area contributed by atoms with Crippen LogP contribution in [-0.2, 0) is 9.53 Å². The molecule has 0 radical (unpaired) electrons. The van der Waals surface area contributed by atoms with Crippen molar-refractivity contribution in [3.8, 4) is 0 Å². The van der Waals surface area contributed by atoms with Crippen LogP contribution in [0.2, 0.25) is 0 Å². The lowest BCUT2D eigenvalue weighted by Gasteiger charge is -2.36. The van der Waals surface area contributed by atoms with Gasteiger partial charge in [0.05, 0.1) is 5.41 Å². The van der Waals surface area contributed by atoms with Crippen LogP contribution < -0.4 is 0 Å². The average Bonchev–Trinajstić information content (AvgIpc) is 2.37. The molecule has 2 unspecified atom stereocenters. The molecular weight excluding hydrogens is 252 g/mol. The van der Waals surface area contributed by atoms with Crippen molar-refractivity contribution in [2.24, 2.45) is 17.3 Å². The number of carboxylic acid groups (broad SMARTS) is 1. The monoisotopic (exact) mass is 280 g/mol. The average molecular weight is 280 g/mol. The third-order valence-corrected chi connectivity index (χ3v) is 4.17. The lowest BCUT2D eigenvalue weighted by atomic mass is 9.67. The van der Waals surface area contributed by atoms with E-state index in [-0.39, 0.29) is 5.92 Å². The molecular formula is C17H28O3. The standard InChI is InChI=1S/C17H28O3/c1-13(2)6-5-9-17(16(18)19)10-7-14(3)12-15(17)8-11-20-4/h7,10,12-13,15H,5-6,8-9,11H2,1-4H3,(H,18,19). The number of carboxylic acids is 1. The second-order valence-electron chi connectivity index (χ2n) is 6.26. The largest absolute Gasteiger partial charge is 0.481 e. The lowest BCUT2D eigenvalue weighted by molar-refractivity contribution is -0.149. The van der Waals surface area contributed by atoms with E-state index in [0.29, 0.717) is 18.9 Å². The summed E-state index contributed by atoms with van der Waals surface area (Å²) in [6.07, 6.45) is 9.44. The van der Waals surface area contributed by atoms with E-state index in [4.69, 9.17) is 4.74 Å². The van der Waals surface area contributed by atoms with Crippen LogP contribution in [0, 0.1) is 17.3 Å². The van der Waals surface area contributed by atoms with Crippen LogP contribution in [0.5, 0.6) is 0 Å². The first-order chi connectivity index (χ1) is 9.42. The van der Waals surface area contributed by atoms with E-state index < -0.39 is 11.4 Å². The molecule has 0 bridgehead atoms. The Kier molecular flexibility index (Phi) is 6.47. The zero-order chi connectivity index (χ0) is 15.2. The van der Waals surface area contributed by atoms with Gasteiger partial charge in [0, 0.05) is 13.7 Å². The summed E-state index contributed by atoms with van der Waals surface area (Å²) in [5, 5.41) is 9.79. The highest BCUT2D eigenvalue weighted by Crippen LogP contribution is 2.42. The van der Waals surface area contributed by atoms with Gasteiger partial charge in [0.25, 0.3) is 0 Å². The van der Waals surface area contributed by atoms with E-state index in [1.54, 1.807) is 7.11 Å². The first kappa shape index (κ1) is 17.0. The molecule has 3 heteroatoms. The minimum Gasteiger partial charge on any atom is -0.481 e. The summed E-state index contributed by atoms with van der Waals surface area (Å²) in [4.78, 5) is 11.9. The summed E-state index contributed by atoms with van der Waals surface area (Å²) in [5.74, 6) is -0.0670. The Labute approximate surface area is 122 Å². The number of aliphatic carboxylic acids is 1. The third-order valence-electron chi connectivity index (χ3n) is 4.17. The van der Waals surface area contributed by atoms with Gasteiger partial charge in [-0.15, -0.1) is 0 Å². The van der Waals surface area contributed by atoms with Gasteiger partial charge in [-0.05, 0) is 31.6 Å². The lowest BCUT2D eigenvalue weighted by Crippen LogP contribution is -2.38. The van der Waals surface area contributed by atoms with Gasteiger partial charge >= 0.3 is 5.97 Å². The van der Waals surface area contributed by atoms with Gasteiger partial charge in [-0.25, -0.2) is 0 Å². The van der Waals surface area contributed by atoms with Crippen molar-refractivity contribution in [2.75, 3.05) is 13.7 Å². The number of hydrogen-bond donors (Lipinski definition) is 1. The highest BCUT2D eigenvalue weighted by Gasteiger charge is 2.43. The number of ether oxygens (including phenoxy) is 1. The highest BCUT2D eigenvalue weighted by molar-refractivity contribution is 5.78. The Balaban J connectivity index is 2.88. The van der Waals surface area contributed by atoms with Crippen LogP contribution in [0.25, 0.3) is 0 Å². The van der Waals surface area contributed by atoms with Crippen LogP contribution in [-0.4, -0.2) is 24.8 Å². The SMILES string of the molecule is COCCC1C=C(C)C=CC1(CCCC(C)C)C(=O)O. The maximum atomic E-state index is 11.9. The summed E-state index contributed by atoms with van der Waals surface area (Å²) in [6.45, 7) is 6.98. The van der Waals surface area contributed by atoms with Crippen molar-refractivity contribution in [1.82, 2.24) is 0 Å². The van der Waals surface area contributed by atoms with Crippen LogP contribution in [0.15, 0.2) is 23.8 Å². The Morgan fingerprint density at radius 3 is 2.75 bits per heavy atom. The van der Waals surface area contributed by atoms with E-state index in [2.05, 4.69) is 19.9 Å². The molecule has 0 aliphatic heterocycles. The molecule has 0 heterocycles. The molecule has 0 aromatic carbocycles. The minimum absolute atomic E-state index is 0.0251. The second-order valence-corrected chi connectivity index (χ2v) is 6.26. The molecule has 0 amide bonds. The summed E-state index contributed by atoms with van der Waals surface area (Å²) in [7, 11) is 1.66. The van der Waals surface area contributed by atoms with Crippen LogP contribution in [0.1, 0.15) is 46.5 Å². The molecule has 1 aliphatic carbocycles. The van der Waals surface area contributed by atoms with Crippen molar-refractivity contribution >= 4 is 5.97 Å². The molecule has 0 spiro atoms. The van der Waals surface area contributed by atoms with Crippen molar-refractivity contribution in [3.63, 3.8) is 0 Å². The molecule has 0 fully saturated rings. The fourth-order valence-electron chi connectivity index (χ4n) is 2.92. The molecule has 1 aliphatic rings. The zero-order valence-electron chi connectivity index (χ0n) is 13.2. The Morgan fingerprint density at radius 1 is 1.50 bits per heavy atom. The third kappa shape index (κ3) is 4.20. The minimum atomic E-state index is -0.757. The molecule has 3 nitrogen and oxygen atoms in total. The predicted molar refractivity (Wildman–Crippen MR) is 81.6 cm³/mol. The molecule has 0 saturated carbocycles. The summed E-state index contributed by atoms with van der Waals surface area (Å²) in [6, 6.07) is 0. The maximum Gasteiger partial charge on any atom is 0.314 e. The molecule has 2 atom stereocenters. The first-order valence-electron chi connectivity index (χ1n) is 7.52. The van der Waals surface area contributed by atoms with E-state index >= 15 is 0 Å². The van der Waals surface area contributed by atoms with Gasteiger partial charge in [-0.3, -0.25) is 4.79 Å². The van der Waals surface area contributed by atoms with Gasteiger partial charge in [0.2, 0.25) is 0 Å². The van der Waals surface area contributed by atoms with Crippen LogP contribution in [0.3, 0.4) is 0 Å². The van der Waals surface area contributed by atoms with E-state index in [1.807, 2.05) is 19.1 Å². The fraction of sp³-hybridized carbons (Fsp3) is 0.706. The normalized spacial score (nSPS) is 25.9. The molecule has 0 aromatic rings. The molecule has 1 N–H and O–H groups in total. The number of rotatable bonds is 8. The Bertz CT molecular complexity index is 382. The topological polar surface area (TPSA) is 46.5 Å². The smallest absolute Gasteiger partial charge is 0.314 e. The Morgan fingerprint density at radius 2 is 2.20 bits per heavy atom. The van der Waals surface area contributed by atoms with Gasteiger partial charge < -0.3 is 9.84 Å². The summed E-state index contributed by atoms with van der Waals surface area (Å²) >= 11 is 0. The number of hydrogen-bond acceptors (Lipinski definition) is 2. The fourth-order valence-corrected chi connectivity index (χ4v) is 2.92. The number of methoxy groups -OCH3 is 1. The summed E-state index contributed by atoms with van der Waals surface area (Å²) < 4.78 is 5.15. The van der Waals surface area contributed by atoms with E-state index in [9.17, 15) is 9.90 Å². The van der Waals surface area contributed by atoms with Gasteiger partial charge in [0.1, 0.15) is 0 Å². The predicted octanol–water partition coefficient (Wildman–Crippen LogP) is 4.05. The maximum absolute atomic E-state index is 11.9. The van der Waals surface area contributed by atoms with Crippen molar-refractivity contribution in [1.29, 1.82) is 0 Å².